The number of benzene rings is 1. The molecule has 0 radical (unpaired) electrons. The fourth-order valence-electron chi connectivity index (χ4n) is 1.59. The minimum atomic E-state index is -0.723. The van der Waals surface area contributed by atoms with E-state index >= 15 is 0 Å². The summed E-state index contributed by atoms with van der Waals surface area (Å²) in [5.41, 5.74) is 0.871. The van der Waals surface area contributed by atoms with Crippen molar-refractivity contribution in [1.82, 2.24) is 5.32 Å². The SMILES string of the molecule is CC(=O)O[C@@H]1C(=O)N[C@@H]1c1ccc(Cl)cc1. The van der Waals surface area contributed by atoms with Crippen molar-refractivity contribution in [2.24, 2.45) is 0 Å². The number of hydrogen-bond donors (Lipinski definition) is 1. The molecule has 5 heteroatoms. The highest BCUT2D eigenvalue weighted by Gasteiger charge is 2.42. The molecule has 2 rings (SSSR count). The summed E-state index contributed by atoms with van der Waals surface area (Å²) < 4.78 is 4.91. The molecule has 0 spiro atoms. The van der Waals surface area contributed by atoms with Crippen LogP contribution in [-0.4, -0.2) is 18.0 Å². The van der Waals surface area contributed by atoms with Gasteiger partial charge in [0, 0.05) is 11.9 Å². The average Bonchev–Trinajstić information content (AvgIpc) is 2.24. The predicted molar refractivity (Wildman–Crippen MR) is 57.9 cm³/mol. The van der Waals surface area contributed by atoms with Gasteiger partial charge in [-0.25, -0.2) is 0 Å². The van der Waals surface area contributed by atoms with E-state index in [1.807, 2.05) is 0 Å². The highest BCUT2D eigenvalue weighted by atomic mass is 35.5. The molecule has 2 atom stereocenters. The highest BCUT2D eigenvalue weighted by molar-refractivity contribution is 6.30. The number of ether oxygens (including phenoxy) is 1. The molecule has 1 amide bonds. The molecule has 1 heterocycles. The number of rotatable bonds is 2. The van der Waals surface area contributed by atoms with Crippen LogP contribution in [0, 0.1) is 0 Å². The largest absolute Gasteiger partial charge is 0.450 e. The van der Waals surface area contributed by atoms with Gasteiger partial charge in [0.05, 0.1) is 0 Å². The van der Waals surface area contributed by atoms with Crippen LogP contribution in [0.2, 0.25) is 5.02 Å². The Kier molecular flexibility index (Phi) is 2.83. The lowest BCUT2D eigenvalue weighted by Gasteiger charge is -2.35. The number of halogens is 1. The topological polar surface area (TPSA) is 55.4 Å². The molecule has 1 aromatic rings. The summed E-state index contributed by atoms with van der Waals surface area (Å²) in [6.45, 7) is 1.28. The van der Waals surface area contributed by atoms with Crippen molar-refractivity contribution in [1.29, 1.82) is 0 Å². The lowest BCUT2D eigenvalue weighted by molar-refractivity contribution is -0.164. The fraction of sp³-hybridized carbons (Fsp3) is 0.273. The van der Waals surface area contributed by atoms with Gasteiger partial charge in [0.2, 0.25) is 6.10 Å². The van der Waals surface area contributed by atoms with Gasteiger partial charge in [0.15, 0.2) is 0 Å². The number of β-lactam (4-membered cyclic amide) rings is 1. The lowest BCUT2D eigenvalue weighted by atomic mass is 9.94. The van der Waals surface area contributed by atoms with Crippen LogP contribution < -0.4 is 5.32 Å². The van der Waals surface area contributed by atoms with Gasteiger partial charge in [-0.05, 0) is 17.7 Å². The zero-order chi connectivity index (χ0) is 11.7. The van der Waals surface area contributed by atoms with Crippen LogP contribution in [0.4, 0.5) is 0 Å². The van der Waals surface area contributed by atoms with Crippen molar-refractivity contribution in [3.05, 3.63) is 34.9 Å². The van der Waals surface area contributed by atoms with E-state index in [1.54, 1.807) is 24.3 Å². The molecule has 1 aliphatic rings. The second kappa shape index (κ2) is 4.14. The monoisotopic (exact) mass is 239 g/mol. The van der Waals surface area contributed by atoms with Crippen molar-refractivity contribution in [2.45, 2.75) is 19.1 Å². The fourth-order valence-corrected chi connectivity index (χ4v) is 1.72. The molecule has 4 nitrogen and oxygen atoms in total. The van der Waals surface area contributed by atoms with Crippen molar-refractivity contribution in [3.63, 3.8) is 0 Å². The van der Waals surface area contributed by atoms with Gasteiger partial charge in [0.25, 0.3) is 5.91 Å². The third kappa shape index (κ3) is 2.02. The van der Waals surface area contributed by atoms with Gasteiger partial charge in [-0.15, -0.1) is 0 Å². The molecular weight excluding hydrogens is 230 g/mol. The normalized spacial score (nSPS) is 23.2. The Labute approximate surface area is 97.5 Å². The van der Waals surface area contributed by atoms with E-state index in [1.165, 1.54) is 6.92 Å². The molecule has 84 valence electrons. The Morgan fingerprint density at radius 1 is 1.38 bits per heavy atom. The Bertz CT molecular complexity index is 429. The second-order valence-electron chi connectivity index (χ2n) is 3.57. The summed E-state index contributed by atoms with van der Waals surface area (Å²) in [5, 5.41) is 3.30. The van der Waals surface area contributed by atoms with E-state index in [9.17, 15) is 9.59 Å². The Morgan fingerprint density at radius 3 is 2.50 bits per heavy atom. The first kappa shape index (κ1) is 11.0. The standard InChI is InChI=1S/C11H10ClNO3/c1-6(14)16-10-9(13-11(10)15)7-2-4-8(12)5-3-7/h2-5,9-10H,1H3,(H,13,15)/t9-,10+/m1/s1. The first-order valence-corrected chi connectivity index (χ1v) is 5.19. The van der Waals surface area contributed by atoms with Gasteiger partial charge in [0.1, 0.15) is 6.04 Å². The molecule has 1 saturated heterocycles. The van der Waals surface area contributed by atoms with Crippen LogP contribution in [0.5, 0.6) is 0 Å². The van der Waals surface area contributed by atoms with Crippen LogP contribution in [0.25, 0.3) is 0 Å². The van der Waals surface area contributed by atoms with Gasteiger partial charge >= 0.3 is 5.97 Å². The smallest absolute Gasteiger partial charge is 0.303 e. The van der Waals surface area contributed by atoms with Gasteiger partial charge in [-0.1, -0.05) is 23.7 Å². The summed E-state index contributed by atoms with van der Waals surface area (Å²) in [6.07, 6.45) is -0.723. The maximum Gasteiger partial charge on any atom is 0.303 e. The first-order chi connectivity index (χ1) is 7.58. The molecule has 16 heavy (non-hydrogen) atoms. The van der Waals surface area contributed by atoms with Crippen molar-refractivity contribution in [2.75, 3.05) is 0 Å². The van der Waals surface area contributed by atoms with Crippen molar-refractivity contribution in [3.8, 4) is 0 Å². The third-order valence-corrected chi connectivity index (χ3v) is 2.63. The maximum absolute atomic E-state index is 11.2. The molecule has 1 fully saturated rings. The third-order valence-electron chi connectivity index (χ3n) is 2.38. The van der Waals surface area contributed by atoms with Gasteiger partial charge in [-0.2, -0.15) is 0 Å². The maximum atomic E-state index is 11.2. The average molecular weight is 240 g/mol. The molecule has 1 N–H and O–H groups in total. The first-order valence-electron chi connectivity index (χ1n) is 4.81. The molecule has 0 saturated carbocycles. The highest BCUT2D eigenvalue weighted by Crippen LogP contribution is 2.28. The van der Waals surface area contributed by atoms with Crippen LogP contribution in [0.1, 0.15) is 18.5 Å². The van der Waals surface area contributed by atoms with Crippen LogP contribution in [0.3, 0.4) is 0 Å². The number of nitrogens with one attached hydrogen (secondary N) is 1. The number of carbonyl (C=O) groups is 2. The Balaban J connectivity index is 2.13. The van der Waals surface area contributed by atoms with Crippen molar-refractivity contribution >= 4 is 23.5 Å². The van der Waals surface area contributed by atoms with E-state index in [4.69, 9.17) is 16.3 Å². The van der Waals surface area contributed by atoms with Crippen molar-refractivity contribution < 1.29 is 14.3 Å². The van der Waals surface area contributed by atoms with Gasteiger partial charge in [-0.3, -0.25) is 9.59 Å². The Morgan fingerprint density at radius 2 is 2.00 bits per heavy atom. The van der Waals surface area contributed by atoms with Crippen LogP contribution >= 0.6 is 11.6 Å². The van der Waals surface area contributed by atoms with E-state index in [-0.39, 0.29) is 11.9 Å². The predicted octanol–water partition coefficient (Wildman–Crippen LogP) is 1.44. The van der Waals surface area contributed by atoms with E-state index in [0.717, 1.165) is 5.56 Å². The summed E-state index contributed by atoms with van der Waals surface area (Å²) in [4.78, 5) is 22.0. The second-order valence-corrected chi connectivity index (χ2v) is 4.00. The van der Waals surface area contributed by atoms with Gasteiger partial charge < -0.3 is 10.1 Å². The number of esters is 1. The zero-order valence-corrected chi connectivity index (χ0v) is 9.32. The van der Waals surface area contributed by atoms with Crippen LogP contribution in [0.15, 0.2) is 24.3 Å². The summed E-state index contributed by atoms with van der Waals surface area (Å²) in [6, 6.07) is 6.78. The molecular formula is C11H10ClNO3. The number of amides is 1. The molecule has 0 unspecified atom stereocenters. The minimum Gasteiger partial charge on any atom is -0.450 e. The van der Waals surface area contributed by atoms with E-state index in [2.05, 4.69) is 5.32 Å². The molecule has 0 aliphatic carbocycles. The summed E-state index contributed by atoms with van der Waals surface area (Å²) in [5.74, 6) is -0.728. The molecule has 1 aliphatic heterocycles. The summed E-state index contributed by atoms with van der Waals surface area (Å²) in [7, 11) is 0. The molecule has 0 bridgehead atoms. The van der Waals surface area contributed by atoms with Crippen LogP contribution in [-0.2, 0) is 14.3 Å². The number of hydrogen-bond acceptors (Lipinski definition) is 3. The Hall–Kier alpha value is -1.55. The van der Waals surface area contributed by atoms with E-state index in [0.29, 0.717) is 5.02 Å². The summed E-state index contributed by atoms with van der Waals surface area (Å²) >= 11 is 5.75. The lowest BCUT2D eigenvalue weighted by Crippen LogP contribution is -2.57. The minimum absolute atomic E-state index is 0.268. The zero-order valence-electron chi connectivity index (χ0n) is 8.57. The number of carbonyl (C=O) groups excluding carboxylic acids is 2. The molecule has 0 aromatic heterocycles. The molecule has 1 aromatic carbocycles. The van der Waals surface area contributed by atoms with E-state index < -0.39 is 12.1 Å². The quantitative estimate of drug-likeness (QED) is 0.628.